The van der Waals surface area contributed by atoms with Crippen molar-refractivity contribution in [1.82, 2.24) is 14.5 Å². The molecule has 1 aliphatic carbocycles. The Hall–Kier alpha value is -2.18. The van der Waals surface area contributed by atoms with Crippen molar-refractivity contribution in [2.24, 2.45) is 5.92 Å². The summed E-state index contributed by atoms with van der Waals surface area (Å²) in [7, 11) is -1.12. The molecule has 0 N–H and O–H groups in total. The van der Waals surface area contributed by atoms with Crippen molar-refractivity contribution in [3.05, 3.63) is 41.9 Å². The van der Waals surface area contributed by atoms with Gasteiger partial charge in [-0.25, -0.2) is 9.97 Å². The van der Waals surface area contributed by atoms with Gasteiger partial charge in [0.25, 0.3) is 0 Å². The molecule has 1 saturated carbocycles. The van der Waals surface area contributed by atoms with Gasteiger partial charge in [0.15, 0.2) is 0 Å². The maximum atomic E-state index is 6.25. The lowest BCUT2D eigenvalue weighted by atomic mass is 10.0. The van der Waals surface area contributed by atoms with Crippen LogP contribution in [0.5, 0.6) is 5.75 Å². The molecule has 0 aliphatic heterocycles. The normalized spacial score (nSPS) is 14.4. The van der Waals surface area contributed by atoms with Crippen molar-refractivity contribution in [3.63, 3.8) is 0 Å². The molecule has 2 heterocycles. The summed E-state index contributed by atoms with van der Waals surface area (Å²) in [5, 5.41) is 0. The summed E-state index contributed by atoms with van der Waals surface area (Å²) in [6.45, 7) is 13.5. The molecule has 166 valence electrons. The maximum absolute atomic E-state index is 6.25. The number of hydrogen-bond donors (Lipinski definition) is 0. The van der Waals surface area contributed by atoms with E-state index in [4.69, 9.17) is 14.5 Å². The average molecular weight is 438 g/mol. The lowest BCUT2D eigenvalue weighted by Gasteiger charge is -2.17. The molecule has 1 fully saturated rings. The van der Waals surface area contributed by atoms with Crippen LogP contribution in [0.2, 0.25) is 25.7 Å². The molecule has 0 amide bonds. The Morgan fingerprint density at radius 3 is 2.65 bits per heavy atom. The summed E-state index contributed by atoms with van der Waals surface area (Å²) in [5.74, 6) is 1.61. The van der Waals surface area contributed by atoms with Crippen molar-refractivity contribution in [2.75, 3.05) is 13.2 Å². The molecule has 1 aromatic carbocycles. The number of rotatable bonds is 10. The average Bonchev–Trinajstić information content (AvgIpc) is 3.50. The summed E-state index contributed by atoms with van der Waals surface area (Å²) < 4.78 is 14.6. The van der Waals surface area contributed by atoms with Gasteiger partial charge in [0, 0.05) is 25.9 Å². The number of aromatic nitrogens is 3. The number of fused-ring (bicyclic) bond motifs is 1. The predicted molar refractivity (Wildman–Crippen MR) is 129 cm³/mol. The van der Waals surface area contributed by atoms with E-state index in [1.165, 1.54) is 18.4 Å². The second-order valence-electron chi connectivity index (χ2n) is 9.96. The second-order valence-corrected chi connectivity index (χ2v) is 15.6. The van der Waals surface area contributed by atoms with Crippen LogP contribution < -0.4 is 4.74 Å². The maximum Gasteiger partial charge on any atom is 0.128 e. The number of ether oxygens (including phenoxy) is 2. The fourth-order valence-electron chi connectivity index (χ4n) is 3.71. The highest BCUT2D eigenvalue weighted by Crippen LogP contribution is 2.37. The quantitative estimate of drug-likeness (QED) is 0.285. The molecular formula is C25H35N3O2Si. The molecule has 0 atom stereocenters. The van der Waals surface area contributed by atoms with Crippen molar-refractivity contribution in [2.45, 2.75) is 65.5 Å². The van der Waals surface area contributed by atoms with Crippen molar-refractivity contribution in [1.29, 1.82) is 0 Å². The minimum atomic E-state index is -1.12. The van der Waals surface area contributed by atoms with E-state index >= 15 is 0 Å². The zero-order valence-electron chi connectivity index (χ0n) is 19.6. The van der Waals surface area contributed by atoms with Crippen LogP contribution in [0.15, 0.2) is 30.6 Å². The van der Waals surface area contributed by atoms with E-state index in [1.54, 1.807) is 6.33 Å². The molecular weight excluding hydrogens is 402 g/mol. The van der Waals surface area contributed by atoms with E-state index in [1.807, 2.05) is 0 Å². The van der Waals surface area contributed by atoms with Gasteiger partial charge in [-0.1, -0.05) is 32.6 Å². The highest BCUT2D eigenvalue weighted by molar-refractivity contribution is 6.76. The molecule has 0 spiro atoms. The molecule has 2 aromatic heterocycles. The van der Waals surface area contributed by atoms with Gasteiger partial charge in [-0.3, -0.25) is 0 Å². The van der Waals surface area contributed by atoms with Gasteiger partial charge in [-0.15, -0.1) is 0 Å². The number of benzene rings is 1. The summed E-state index contributed by atoms with van der Waals surface area (Å²) in [6.07, 6.45) is 5.19. The third kappa shape index (κ3) is 5.36. The Balaban J connectivity index is 1.70. The van der Waals surface area contributed by atoms with Crippen molar-refractivity contribution in [3.8, 4) is 17.0 Å². The molecule has 4 rings (SSSR count). The first kappa shape index (κ1) is 22.0. The summed E-state index contributed by atoms with van der Waals surface area (Å²) >= 11 is 0. The highest BCUT2D eigenvalue weighted by Gasteiger charge is 2.23. The van der Waals surface area contributed by atoms with Gasteiger partial charge < -0.3 is 14.0 Å². The smallest absolute Gasteiger partial charge is 0.128 e. The Bertz CT molecular complexity index is 1050. The third-order valence-corrected chi connectivity index (χ3v) is 7.69. The van der Waals surface area contributed by atoms with Gasteiger partial charge in [-0.05, 0) is 61.9 Å². The topological polar surface area (TPSA) is 49.2 Å². The van der Waals surface area contributed by atoms with E-state index in [0.29, 0.717) is 12.6 Å². The molecule has 0 saturated heterocycles. The van der Waals surface area contributed by atoms with E-state index in [0.717, 1.165) is 59.4 Å². The van der Waals surface area contributed by atoms with Gasteiger partial charge in [0.2, 0.25) is 0 Å². The number of hydrogen-bond acceptors (Lipinski definition) is 4. The molecule has 5 nitrogen and oxygen atoms in total. The van der Waals surface area contributed by atoms with Gasteiger partial charge in [-0.2, -0.15) is 0 Å². The summed E-state index contributed by atoms with van der Waals surface area (Å²) in [5.41, 5.74) is 6.37. The highest BCUT2D eigenvalue weighted by atomic mass is 28.3. The van der Waals surface area contributed by atoms with Crippen molar-refractivity contribution >= 4 is 19.1 Å². The fourth-order valence-corrected chi connectivity index (χ4v) is 4.47. The van der Waals surface area contributed by atoms with Gasteiger partial charge in [0.05, 0.1) is 17.6 Å². The Morgan fingerprint density at radius 2 is 1.94 bits per heavy atom. The van der Waals surface area contributed by atoms with Gasteiger partial charge in [0.1, 0.15) is 24.5 Å². The van der Waals surface area contributed by atoms with Crippen LogP contribution in [0.1, 0.15) is 31.0 Å². The Morgan fingerprint density at radius 1 is 1.13 bits per heavy atom. The lowest BCUT2D eigenvalue weighted by molar-refractivity contribution is 0.0890. The number of aryl methyl sites for hydroxylation is 2. The fraction of sp³-hybridized carbons (Fsp3) is 0.520. The van der Waals surface area contributed by atoms with Crippen LogP contribution in [-0.4, -0.2) is 35.8 Å². The molecule has 31 heavy (non-hydrogen) atoms. The SMILES string of the molecule is CCc1ccc(OCC2CC2)c(-c2ncnc3cc(C)n(COCC[Si](C)(C)C)c23)c1. The third-order valence-electron chi connectivity index (χ3n) is 5.99. The monoisotopic (exact) mass is 437 g/mol. The van der Waals surface area contributed by atoms with Crippen LogP contribution >= 0.6 is 0 Å². The van der Waals surface area contributed by atoms with E-state index in [-0.39, 0.29) is 0 Å². The van der Waals surface area contributed by atoms with Crippen LogP contribution in [0.3, 0.4) is 0 Å². The standard InChI is InChI=1S/C25H35N3O2Si/c1-6-19-9-10-23(30-15-20-7-8-20)21(14-19)24-25-22(26-16-27-24)13-18(2)28(25)17-29-11-12-31(3,4)5/h9-10,13-14,16,20H,6-8,11-12,15,17H2,1-5H3. The summed E-state index contributed by atoms with van der Waals surface area (Å²) in [6, 6.07) is 9.77. The largest absolute Gasteiger partial charge is 0.493 e. The van der Waals surface area contributed by atoms with E-state index in [2.05, 4.69) is 67.3 Å². The van der Waals surface area contributed by atoms with Crippen LogP contribution in [-0.2, 0) is 17.9 Å². The first-order valence-corrected chi connectivity index (χ1v) is 15.2. The molecule has 0 radical (unpaired) electrons. The summed E-state index contributed by atoms with van der Waals surface area (Å²) in [4.78, 5) is 9.29. The second kappa shape index (κ2) is 9.13. The predicted octanol–water partition coefficient (Wildman–Crippen LogP) is 6.07. The van der Waals surface area contributed by atoms with Crippen LogP contribution in [0.4, 0.5) is 0 Å². The first-order valence-electron chi connectivity index (χ1n) is 11.5. The minimum absolute atomic E-state index is 0.520. The molecule has 0 bridgehead atoms. The first-order chi connectivity index (χ1) is 14.9. The molecule has 0 unspecified atom stereocenters. The zero-order chi connectivity index (χ0) is 22.0. The van der Waals surface area contributed by atoms with Crippen LogP contribution in [0, 0.1) is 12.8 Å². The van der Waals surface area contributed by atoms with Gasteiger partial charge >= 0.3 is 0 Å². The number of nitrogens with zero attached hydrogens (tertiary/aromatic N) is 3. The molecule has 3 aromatic rings. The van der Waals surface area contributed by atoms with Crippen molar-refractivity contribution < 1.29 is 9.47 Å². The molecule has 6 heteroatoms. The Labute approximate surface area is 186 Å². The van der Waals surface area contributed by atoms with E-state index in [9.17, 15) is 0 Å². The Kier molecular flexibility index (Phi) is 6.48. The minimum Gasteiger partial charge on any atom is -0.493 e. The van der Waals surface area contributed by atoms with E-state index < -0.39 is 8.07 Å². The zero-order valence-corrected chi connectivity index (χ0v) is 20.6. The molecule has 1 aliphatic rings. The van der Waals surface area contributed by atoms with Crippen LogP contribution in [0.25, 0.3) is 22.3 Å². The lowest BCUT2D eigenvalue weighted by Crippen LogP contribution is -2.22.